The van der Waals surface area contributed by atoms with Crippen molar-refractivity contribution >= 4 is 33.7 Å². The van der Waals surface area contributed by atoms with Gasteiger partial charge in [-0.15, -0.1) is 0 Å². The smallest absolute Gasteiger partial charge is 0.252 e. The summed E-state index contributed by atoms with van der Waals surface area (Å²) in [4.78, 5) is 22.9. The van der Waals surface area contributed by atoms with E-state index in [1.807, 2.05) is 27.7 Å². The highest BCUT2D eigenvalue weighted by molar-refractivity contribution is 6.68. The van der Waals surface area contributed by atoms with Crippen molar-refractivity contribution in [3.8, 4) is 0 Å². The van der Waals surface area contributed by atoms with Gasteiger partial charge < -0.3 is 0 Å². The maximum atomic E-state index is 11.5. The van der Waals surface area contributed by atoms with Crippen molar-refractivity contribution in [2.45, 2.75) is 39.5 Å². The van der Waals surface area contributed by atoms with Crippen LogP contribution in [-0.4, -0.2) is 10.5 Å². The second kappa shape index (κ2) is 5.85. The topological polar surface area (TPSA) is 34.1 Å². The summed E-state index contributed by atoms with van der Waals surface area (Å²) in [6.07, 6.45) is 0. The first-order chi connectivity index (χ1) is 8.25. The fraction of sp³-hybridized carbons (Fsp3) is 0.429. The number of carbonyl (C=O) groups is 2. The number of hydrogen-bond acceptors (Lipinski definition) is 2. The van der Waals surface area contributed by atoms with Crippen molar-refractivity contribution in [1.29, 1.82) is 0 Å². The van der Waals surface area contributed by atoms with Crippen LogP contribution in [0.15, 0.2) is 12.1 Å². The summed E-state index contributed by atoms with van der Waals surface area (Å²) in [6.45, 7) is 7.76. The molecule has 18 heavy (non-hydrogen) atoms. The van der Waals surface area contributed by atoms with Gasteiger partial charge in [-0.05, 0) is 58.3 Å². The van der Waals surface area contributed by atoms with Gasteiger partial charge in [0.1, 0.15) is 0 Å². The highest BCUT2D eigenvalue weighted by Crippen LogP contribution is 2.30. The van der Waals surface area contributed by atoms with Crippen LogP contribution in [0, 0.1) is 0 Å². The molecule has 0 unspecified atom stereocenters. The van der Waals surface area contributed by atoms with Gasteiger partial charge in [0.25, 0.3) is 10.5 Å². The molecule has 0 heterocycles. The van der Waals surface area contributed by atoms with Gasteiger partial charge in [-0.2, -0.15) is 0 Å². The summed E-state index contributed by atoms with van der Waals surface area (Å²) in [6, 6.07) is 3.37. The van der Waals surface area contributed by atoms with Crippen LogP contribution in [0.1, 0.15) is 71.4 Å². The summed E-state index contributed by atoms with van der Waals surface area (Å²) in [5, 5.41) is -1.01. The lowest BCUT2D eigenvalue weighted by Crippen LogP contribution is -2.08. The van der Waals surface area contributed by atoms with E-state index >= 15 is 0 Å². The van der Waals surface area contributed by atoms with E-state index in [1.165, 1.54) is 0 Å². The highest BCUT2D eigenvalue weighted by atomic mass is 35.5. The van der Waals surface area contributed by atoms with Gasteiger partial charge in [0.2, 0.25) is 0 Å². The Hall–Kier alpha value is -0.860. The van der Waals surface area contributed by atoms with E-state index in [0.717, 1.165) is 11.1 Å². The third kappa shape index (κ3) is 3.12. The lowest BCUT2D eigenvalue weighted by molar-refractivity contribution is 0.106. The Morgan fingerprint density at radius 1 is 0.833 bits per heavy atom. The van der Waals surface area contributed by atoms with Crippen LogP contribution in [0.5, 0.6) is 0 Å². The van der Waals surface area contributed by atoms with Crippen molar-refractivity contribution in [1.82, 2.24) is 0 Å². The van der Waals surface area contributed by atoms with Gasteiger partial charge in [-0.1, -0.05) is 27.7 Å². The van der Waals surface area contributed by atoms with Gasteiger partial charge in [-0.3, -0.25) is 9.59 Å². The van der Waals surface area contributed by atoms with E-state index in [2.05, 4.69) is 0 Å². The molecule has 0 amide bonds. The number of benzene rings is 1. The average Bonchev–Trinajstić information content (AvgIpc) is 2.26. The molecule has 0 saturated heterocycles. The van der Waals surface area contributed by atoms with Gasteiger partial charge in [0, 0.05) is 11.1 Å². The minimum absolute atomic E-state index is 0.0960. The van der Waals surface area contributed by atoms with E-state index in [4.69, 9.17) is 23.2 Å². The van der Waals surface area contributed by atoms with Gasteiger partial charge >= 0.3 is 0 Å². The fourth-order valence-electron chi connectivity index (χ4n) is 1.93. The first-order valence-electron chi connectivity index (χ1n) is 5.83. The van der Waals surface area contributed by atoms with Crippen LogP contribution >= 0.6 is 23.2 Å². The first kappa shape index (κ1) is 15.2. The Bertz CT molecular complexity index is 445. The predicted molar refractivity (Wildman–Crippen MR) is 75.0 cm³/mol. The van der Waals surface area contributed by atoms with Crippen LogP contribution in [-0.2, 0) is 0 Å². The monoisotopic (exact) mass is 286 g/mol. The minimum atomic E-state index is -0.505. The summed E-state index contributed by atoms with van der Waals surface area (Å²) in [7, 11) is 0. The largest absolute Gasteiger partial charge is 0.276 e. The Morgan fingerprint density at radius 3 is 1.28 bits per heavy atom. The zero-order valence-corrected chi connectivity index (χ0v) is 12.4. The fourth-order valence-corrected chi connectivity index (χ4v) is 2.26. The standard InChI is InChI=1S/C14H16Cl2O2/c1-7(2)9-5-12(14(16)18)10(8(3)4)6-11(9)13(15)17/h5-8H,1-4H3. The van der Waals surface area contributed by atoms with E-state index in [-0.39, 0.29) is 11.8 Å². The number of hydrogen-bond donors (Lipinski definition) is 0. The molecule has 0 aliphatic carbocycles. The Kier molecular flexibility index (Phi) is 4.94. The summed E-state index contributed by atoms with van der Waals surface area (Å²) >= 11 is 11.2. The second-order valence-corrected chi connectivity index (χ2v) is 5.57. The minimum Gasteiger partial charge on any atom is -0.276 e. The van der Waals surface area contributed by atoms with Crippen molar-refractivity contribution < 1.29 is 9.59 Å². The van der Waals surface area contributed by atoms with E-state index < -0.39 is 10.5 Å². The quantitative estimate of drug-likeness (QED) is 0.753. The van der Waals surface area contributed by atoms with Crippen LogP contribution in [0.4, 0.5) is 0 Å². The molecule has 0 radical (unpaired) electrons. The first-order valence-corrected chi connectivity index (χ1v) is 6.58. The molecular formula is C14H16Cl2O2. The van der Waals surface area contributed by atoms with Gasteiger partial charge in [0.15, 0.2) is 0 Å². The maximum Gasteiger partial charge on any atom is 0.252 e. The molecule has 0 aromatic heterocycles. The molecule has 0 N–H and O–H groups in total. The molecule has 0 spiro atoms. The van der Waals surface area contributed by atoms with Crippen molar-refractivity contribution in [2.24, 2.45) is 0 Å². The SMILES string of the molecule is CC(C)c1cc(C(=O)Cl)c(C(C)C)cc1C(=O)Cl. The lowest BCUT2D eigenvalue weighted by Gasteiger charge is -2.17. The van der Waals surface area contributed by atoms with Crippen LogP contribution in [0.25, 0.3) is 0 Å². The maximum absolute atomic E-state index is 11.5. The Morgan fingerprint density at radius 2 is 1.11 bits per heavy atom. The number of rotatable bonds is 4. The molecule has 2 nitrogen and oxygen atoms in total. The van der Waals surface area contributed by atoms with Gasteiger partial charge in [0.05, 0.1) is 0 Å². The Balaban J connectivity index is 3.60. The van der Waals surface area contributed by atoms with E-state index in [1.54, 1.807) is 12.1 Å². The van der Waals surface area contributed by atoms with Crippen molar-refractivity contribution in [3.05, 3.63) is 34.4 Å². The van der Waals surface area contributed by atoms with Crippen LogP contribution in [0.3, 0.4) is 0 Å². The Labute approximate surface area is 117 Å². The summed E-state index contributed by atoms with van der Waals surface area (Å²) < 4.78 is 0. The predicted octanol–water partition coefficient (Wildman–Crippen LogP) is 4.69. The number of carbonyl (C=O) groups excluding carboxylic acids is 2. The molecule has 98 valence electrons. The third-order valence-electron chi connectivity index (χ3n) is 2.89. The zero-order chi connectivity index (χ0) is 14.0. The molecule has 0 fully saturated rings. The molecule has 1 rings (SSSR count). The van der Waals surface area contributed by atoms with Crippen LogP contribution in [0.2, 0.25) is 0 Å². The lowest BCUT2D eigenvalue weighted by atomic mass is 9.89. The van der Waals surface area contributed by atoms with Crippen molar-refractivity contribution in [2.75, 3.05) is 0 Å². The van der Waals surface area contributed by atoms with E-state index in [9.17, 15) is 9.59 Å². The molecule has 1 aromatic carbocycles. The molecule has 0 atom stereocenters. The van der Waals surface area contributed by atoms with E-state index in [0.29, 0.717) is 11.1 Å². The molecule has 0 saturated carbocycles. The second-order valence-electron chi connectivity index (χ2n) is 4.88. The van der Waals surface area contributed by atoms with Gasteiger partial charge in [-0.25, -0.2) is 0 Å². The molecule has 4 heteroatoms. The highest BCUT2D eigenvalue weighted by Gasteiger charge is 2.20. The van der Waals surface area contributed by atoms with Crippen LogP contribution < -0.4 is 0 Å². The summed E-state index contributed by atoms with van der Waals surface area (Å²) in [5.41, 5.74) is 2.42. The molecule has 0 bridgehead atoms. The molecular weight excluding hydrogens is 271 g/mol. The van der Waals surface area contributed by atoms with Crippen molar-refractivity contribution in [3.63, 3.8) is 0 Å². The molecule has 1 aromatic rings. The normalized spacial score (nSPS) is 11.1. The summed E-state index contributed by atoms with van der Waals surface area (Å²) in [5.74, 6) is 0.192. The average molecular weight is 287 g/mol. The third-order valence-corrected chi connectivity index (χ3v) is 3.30. The molecule has 0 aliphatic heterocycles. The molecule has 0 aliphatic rings. The number of halogens is 2. The zero-order valence-electron chi connectivity index (χ0n) is 10.9.